The molecule has 114 valence electrons. The molecule has 6 nitrogen and oxygen atoms in total. The number of pyridine rings is 1. The van der Waals surface area contributed by atoms with Gasteiger partial charge in [-0.05, 0) is 12.1 Å². The second-order valence-electron chi connectivity index (χ2n) is 4.49. The number of nitrogens with one attached hydrogen (secondary N) is 1. The van der Waals surface area contributed by atoms with Crippen molar-refractivity contribution in [3.63, 3.8) is 0 Å². The highest BCUT2D eigenvalue weighted by molar-refractivity contribution is 5.83. The smallest absolute Gasteiger partial charge is 0.305 e. The minimum Gasteiger partial charge on any atom is -0.497 e. The average Bonchev–Trinajstić information content (AvgIpc) is 2.55. The van der Waals surface area contributed by atoms with Crippen LogP contribution in [0, 0.1) is 0 Å². The summed E-state index contributed by atoms with van der Waals surface area (Å²) < 4.78 is 12.1. The number of carbonyl (C=O) groups excluding carboxylic acids is 1. The number of benzene rings is 1. The molecule has 2 rings (SSSR count). The van der Waals surface area contributed by atoms with Crippen LogP contribution >= 0.6 is 0 Å². The van der Waals surface area contributed by atoms with Gasteiger partial charge in [-0.15, -0.1) is 0 Å². The van der Waals surface area contributed by atoms with E-state index >= 15 is 0 Å². The van der Waals surface area contributed by atoms with Gasteiger partial charge in [0, 0.05) is 23.8 Å². The number of hydrogen-bond donors (Lipinski definition) is 1. The highest BCUT2D eigenvalue weighted by Gasteiger charge is 2.06. The molecule has 0 spiro atoms. The minimum atomic E-state index is -0.206. The topological polar surface area (TPSA) is 63.8 Å². The third-order valence-corrected chi connectivity index (χ3v) is 2.88. The summed E-state index contributed by atoms with van der Waals surface area (Å²) in [6, 6.07) is 11.0. The van der Waals surface area contributed by atoms with Gasteiger partial charge in [-0.3, -0.25) is 4.79 Å². The molecule has 1 N–H and O–H groups in total. The monoisotopic (exact) mass is 300 g/mol. The Morgan fingerprint density at radius 3 is 2.36 bits per heavy atom. The Hall–Kier alpha value is -2.89. The van der Waals surface area contributed by atoms with Gasteiger partial charge in [-0.25, -0.2) is 5.43 Å². The lowest BCUT2D eigenvalue weighted by Crippen LogP contribution is -2.40. The fourth-order valence-corrected chi connectivity index (χ4v) is 1.82. The standard InChI is InChI=1S/C16H17N3O3/c1-21-14-8-13(9-15(10-14)22-2)11-17-18-16(20)12-19-6-4-3-5-7-19/h3-11H,12H2,1-2H3/p+1. The van der Waals surface area contributed by atoms with Crippen molar-refractivity contribution < 1.29 is 18.8 Å². The second-order valence-corrected chi connectivity index (χ2v) is 4.49. The zero-order valence-corrected chi connectivity index (χ0v) is 12.5. The zero-order valence-electron chi connectivity index (χ0n) is 12.5. The van der Waals surface area contributed by atoms with Crippen LogP contribution in [-0.4, -0.2) is 26.3 Å². The van der Waals surface area contributed by atoms with Gasteiger partial charge in [-0.1, -0.05) is 6.07 Å². The molecule has 1 heterocycles. The number of rotatable bonds is 6. The maximum Gasteiger partial charge on any atom is 0.305 e. The van der Waals surface area contributed by atoms with E-state index in [-0.39, 0.29) is 12.5 Å². The predicted octanol–water partition coefficient (Wildman–Crippen LogP) is 1.14. The van der Waals surface area contributed by atoms with Crippen molar-refractivity contribution in [3.05, 3.63) is 54.4 Å². The Morgan fingerprint density at radius 2 is 1.77 bits per heavy atom. The van der Waals surface area contributed by atoms with E-state index in [2.05, 4.69) is 10.5 Å². The van der Waals surface area contributed by atoms with Crippen LogP contribution in [0.4, 0.5) is 0 Å². The fourth-order valence-electron chi connectivity index (χ4n) is 1.82. The van der Waals surface area contributed by atoms with Crippen LogP contribution in [0.1, 0.15) is 5.56 Å². The van der Waals surface area contributed by atoms with Crippen LogP contribution in [0.3, 0.4) is 0 Å². The first-order valence-corrected chi connectivity index (χ1v) is 6.70. The van der Waals surface area contributed by atoms with E-state index in [4.69, 9.17) is 9.47 Å². The number of hydrazone groups is 1. The molecular formula is C16H18N3O3+. The Labute approximate surface area is 129 Å². The molecule has 0 saturated carbocycles. The van der Waals surface area contributed by atoms with Crippen LogP contribution < -0.4 is 19.5 Å². The van der Waals surface area contributed by atoms with Crippen LogP contribution in [-0.2, 0) is 11.3 Å². The first-order valence-electron chi connectivity index (χ1n) is 6.70. The molecule has 0 aliphatic carbocycles. The second kappa shape index (κ2) is 7.78. The van der Waals surface area contributed by atoms with Crippen molar-refractivity contribution >= 4 is 12.1 Å². The van der Waals surface area contributed by atoms with Crippen molar-refractivity contribution in [2.75, 3.05) is 14.2 Å². The molecule has 0 aliphatic rings. The molecule has 0 atom stereocenters. The maximum atomic E-state index is 11.8. The van der Waals surface area contributed by atoms with E-state index in [1.165, 1.54) is 0 Å². The van der Waals surface area contributed by atoms with Gasteiger partial charge in [0.15, 0.2) is 12.4 Å². The lowest BCUT2D eigenvalue weighted by atomic mass is 10.2. The summed E-state index contributed by atoms with van der Waals surface area (Å²) in [4.78, 5) is 11.8. The number of methoxy groups -OCH3 is 2. The van der Waals surface area contributed by atoms with Crippen molar-refractivity contribution in [1.82, 2.24) is 5.43 Å². The summed E-state index contributed by atoms with van der Waals surface area (Å²) in [5.41, 5.74) is 3.25. The summed E-state index contributed by atoms with van der Waals surface area (Å²) in [6.07, 6.45) is 5.17. The summed E-state index contributed by atoms with van der Waals surface area (Å²) in [5.74, 6) is 1.11. The number of carbonyl (C=O) groups is 1. The van der Waals surface area contributed by atoms with Gasteiger partial charge in [0.25, 0.3) is 0 Å². The molecule has 0 radical (unpaired) electrons. The Morgan fingerprint density at radius 1 is 1.14 bits per heavy atom. The van der Waals surface area contributed by atoms with Crippen molar-refractivity contribution in [1.29, 1.82) is 0 Å². The Kier molecular flexibility index (Phi) is 5.48. The number of hydrogen-bond acceptors (Lipinski definition) is 4. The van der Waals surface area contributed by atoms with E-state index in [9.17, 15) is 4.79 Å². The van der Waals surface area contributed by atoms with Crippen molar-refractivity contribution in [2.24, 2.45) is 5.10 Å². The lowest BCUT2D eigenvalue weighted by molar-refractivity contribution is -0.684. The van der Waals surface area contributed by atoms with Crippen molar-refractivity contribution in [3.8, 4) is 11.5 Å². The number of ether oxygens (including phenoxy) is 2. The summed E-state index contributed by atoms with van der Waals surface area (Å²) in [5, 5.41) is 3.94. The molecule has 1 aromatic heterocycles. The molecule has 0 aliphatic heterocycles. The van der Waals surface area contributed by atoms with E-state index in [0.717, 1.165) is 5.56 Å². The summed E-state index contributed by atoms with van der Waals surface area (Å²) in [6.45, 7) is 0.208. The van der Waals surface area contributed by atoms with Gasteiger partial charge in [0.1, 0.15) is 11.5 Å². The number of aromatic nitrogens is 1. The molecule has 2 aromatic rings. The first kappa shape index (κ1) is 15.5. The highest BCUT2D eigenvalue weighted by Crippen LogP contribution is 2.21. The molecule has 1 aromatic carbocycles. The Bertz CT molecular complexity index is 635. The van der Waals surface area contributed by atoms with Gasteiger partial charge in [0.05, 0.1) is 20.4 Å². The van der Waals surface area contributed by atoms with Crippen LogP contribution in [0.15, 0.2) is 53.9 Å². The predicted molar refractivity (Wildman–Crippen MR) is 81.9 cm³/mol. The summed E-state index contributed by atoms with van der Waals surface area (Å²) in [7, 11) is 3.16. The van der Waals surface area contributed by atoms with Gasteiger partial charge in [-0.2, -0.15) is 9.67 Å². The SMILES string of the molecule is COc1cc(C=NNC(=O)C[n+]2ccccc2)cc(OC)c1. The number of nitrogens with zero attached hydrogens (tertiary/aromatic N) is 2. The average molecular weight is 300 g/mol. The highest BCUT2D eigenvalue weighted by atomic mass is 16.5. The van der Waals surface area contributed by atoms with Gasteiger partial charge >= 0.3 is 5.91 Å². The van der Waals surface area contributed by atoms with E-state index < -0.39 is 0 Å². The van der Waals surface area contributed by atoms with E-state index in [1.54, 1.807) is 43.2 Å². The first-order chi connectivity index (χ1) is 10.7. The largest absolute Gasteiger partial charge is 0.497 e. The molecule has 1 amide bonds. The minimum absolute atomic E-state index is 0.206. The third-order valence-electron chi connectivity index (χ3n) is 2.88. The molecular weight excluding hydrogens is 282 g/mol. The molecule has 0 bridgehead atoms. The lowest BCUT2D eigenvalue weighted by Gasteiger charge is -2.05. The maximum absolute atomic E-state index is 11.8. The van der Waals surface area contributed by atoms with Crippen LogP contribution in [0.25, 0.3) is 0 Å². The normalized spacial score (nSPS) is 10.5. The molecule has 22 heavy (non-hydrogen) atoms. The van der Waals surface area contributed by atoms with Crippen LogP contribution in [0.2, 0.25) is 0 Å². The van der Waals surface area contributed by atoms with E-state index in [0.29, 0.717) is 11.5 Å². The Balaban J connectivity index is 1.96. The van der Waals surface area contributed by atoms with Gasteiger partial charge in [0.2, 0.25) is 6.54 Å². The molecule has 0 fully saturated rings. The fraction of sp³-hybridized carbons (Fsp3) is 0.188. The van der Waals surface area contributed by atoms with E-state index in [1.807, 2.05) is 30.6 Å². The quantitative estimate of drug-likeness (QED) is 0.494. The molecule has 0 unspecified atom stereocenters. The van der Waals surface area contributed by atoms with Gasteiger partial charge < -0.3 is 9.47 Å². The zero-order chi connectivity index (χ0) is 15.8. The molecule has 0 saturated heterocycles. The van der Waals surface area contributed by atoms with Crippen molar-refractivity contribution in [2.45, 2.75) is 6.54 Å². The molecule has 6 heteroatoms. The summed E-state index contributed by atoms with van der Waals surface area (Å²) >= 11 is 0. The number of amides is 1. The third kappa shape index (κ3) is 4.59. The van der Waals surface area contributed by atoms with Crippen LogP contribution in [0.5, 0.6) is 11.5 Å².